The zero-order chi connectivity index (χ0) is 17.4. The monoisotopic (exact) mass is 326 g/mol. The van der Waals surface area contributed by atoms with E-state index in [1.54, 1.807) is 13.8 Å². The summed E-state index contributed by atoms with van der Waals surface area (Å²) in [6, 6.07) is 4.30. The Morgan fingerprint density at radius 2 is 1.87 bits per heavy atom. The van der Waals surface area contributed by atoms with Crippen LogP contribution in [0.5, 0.6) is 0 Å². The first-order chi connectivity index (χ1) is 10.7. The summed E-state index contributed by atoms with van der Waals surface area (Å²) in [6.07, 6.45) is -3.92. The first-order valence-electron chi connectivity index (χ1n) is 7.00. The maximum Gasteiger partial charge on any atom is 0.416 e. The Labute approximate surface area is 131 Å². The van der Waals surface area contributed by atoms with Crippen molar-refractivity contribution in [1.29, 1.82) is 0 Å². The third kappa shape index (κ3) is 3.15. The van der Waals surface area contributed by atoms with Gasteiger partial charge < -0.3 is 11.5 Å². The van der Waals surface area contributed by atoms with Crippen molar-refractivity contribution in [3.05, 3.63) is 46.6 Å². The van der Waals surface area contributed by atoms with Gasteiger partial charge in [-0.1, -0.05) is 19.1 Å². The minimum absolute atomic E-state index is 0.113. The van der Waals surface area contributed by atoms with Crippen LogP contribution in [0.15, 0.2) is 24.3 Å². The van der Waals surface area contributed by atoms with Crippen molar-refractivity contribution >= 4 is 11.7 Å². The van der Waals surface area contributed by atoms with Gasteiger partial charge >= 0.3 is 6.18 Å². The molecule has 1 aromatic heterocycles. The highest BCUT2D eigenvalue weighted by molar-refractivity contribution is 5.98. The molecule has 0 spiro atoms. The first-order valence-corrected chi connectivity index (χ1v) is 7.00. The van der Waals surface area contributed by atoms with Gasteiger partial charge in [-0.3, -0.25) is 4.79 Å². The molecule has 0 fully saturated rings. The molecule has 5 nitrogen and oxygen atoms in total. The molecule has 1 amide bonds. The number of hydrogen-bond donors (Lipinski definition) is 2. The topological polar surface area (TPSA) is 86.9 Å². The number of carbonyl (C=O) groups is 1. The Morgan fingerprint density at radius 3 is 2.26 bits per heavy atom. The van der Waals surface area contributed by atoms with E-state index >= 15 is 0 Å². The standard InChI is InChI=1S/C15H17F3N4O/c1-3-11-12(14(20)23)13(19)22(21-11)8(2)9-4-6-10(7-5-9)15(16,17)18/h4-8H,3,19H2,1-2H3,(H2,20,23). The van der Waals surface area contributed by atoms with E-state index in [-0.39, 0.29) is 11.4 Å². The van der Waals surface area contributed by atoms with Crippen LogP contribution < -0.4 is 11.5 Å². The summed E-state index contributed by atoms with van der Waals surface area (Å²) in [4.78, 5) is 11.5. The molecule has 2 rings (SSSR count). The number of nitrogen functional groups attached to an aromatic ring is 1. The molecule has 0 radical (unpaired) electrons. The van der Waals surface area contributed by atoms with Gasteiger partial charge in [0.2, 0.25) is 0 Å². The molecule has 0 aliphatic rings. The van der Waals surface area contributed by atoms with Crippen LogP contribution in [-0.4, -0.2) is 15.7 Å². The van der Waals surface area contributed by atoms with Crippen molar-refractivity contribution in [1.82, 2.24) is 9.78 Å². The molecule has 23 heavy (non-hydrogen) atoms. The lowest BCUT2D eigenvalue weighted by molar-refractivity contribution is -0.137. The fourth-order valence-corrected chi connectivity index (χ4v) is 2.40. The number of alkyl halides is 3. The van der Waals surface area contributed by atoms with Crippen LogP contribution in [-0.2, 0) is 12.6 Å². The number of benzene rings is 1. The number of primary amides is 1. The molecule has 0 saturated carbocycles. The van der Waals surface area contributed by atoms with Gasteiger partial charge in [-0.2, -0.15) is 18.3 Å². The van der Waals surface area contributed by atoms with E-state index in [0.717, 1.165) is 12.1 Å². The molecule has 0 aliphatic carbocycles. The Hall–Kier alpha value is -2.51. The van der Waals surface area contributed by atoms with Crippen molar-refractivity contribution in [2.45, 2.75) is 32.5 Å². The summed E-state index contributed by atoms with van der Waals surface area (Å²) in [5.74, 6) is -0.563. The van der Waals surface area contributed by atoms with E-state index in [0.29, 0.717) is 17.7 Å². The maximum absolute atomic E-state index is 12.6. The molecule has 1 unspecified atom stereocenters. The highest BCUT2D eigenvalue weighted by Crippen LogP contribution is 2.31. The van der Waals surface area contributed by atoms with Crippen LogP contribution in [0, 0.1) is 0 Å². The zero-order valence-electron chi connectivity index (χ0n) is 12.7. The van der Waals surface area contributed by atoms with Gasteiger partial charge in [0.05, 0.1) is 17.3 Å². The second-order valence-corrected chi connectivity index (χ2v) is 5.17. The molecule has 2 aromatic rings. The van der Waals surface area contributed by atoms with Crippen molar-refractivity contribution in [3.63, 3.8) is 0 Å². The van der Waals surface area contributed by atoms with E-state index in [1.807, 2.05) is 0 Å². The number of aryl methyl sites for hydroxylation is 1. The van der Waals surface area contributed by atoms with Gasteiger partial charge in [0.1, 0.15) is 11.4 Å². The van der Waals surface area contributed by atoms with Crippen LogP contribution in [0.2, 0.25) is 0 Å². The number of nitrogens with zero attached hydrogens (tertiary/aromatic N) is 2. The van der Waals surface area contributed by atoms with Crippen LogP contribution in [0.4, 0.5) is 19.0 Å². The lowest BCUT2D eigenvalue weighted by Gasteiger charge is -2.15. The predicted octanol–water partition coefficient (Wildman–Crippen LogP) is 2.75. The van der Waals surface area contributed by atoms with Gasteiger partial charge in [0.15, 0.2) is 0 Å². The number of hydrogen-bond acceptors (Lipinski definition) is 3. The first kappa shape index (κ1) is 16.9. The second kappa shape index (κ2) is 5.94. The zero-order valence-corrected chi connectivity index (χ0v) is 12.7. The Balaban J connectivity index is 2.41. The molecule has 8 heteroatoms. The predicted molar refractivity (Wildman–Crippen MR) is 79.8 cm³/mol. The van der Waals surface area contributed by atoms with E-state index in [4.69, 9.17) is 11.5 Å². The quantitative estimate of drug-likeness (QED) is 0.905. The third-order valence-electron chi connectivity index (χ3n) is 3.69. The third-order valence-corrected chi connectivity index (χ3v) is 3.69. The van der Waals surface area contributed by atoms with Crippen LogP contribution in [0.3, 0.4) is 0 Å². The molecule has 1 atom stereocenters. The molecule has 1 aromatic carbocycles. The SMILES string of the molecule is CCc1nn(C(C)c2ccc(C(F)(F)F)cc2)c(N)c1C(N)=O. The molecular formula is C15H17F3N4O. The van der Waals surface area contributed by atoms with E-state index in [2.05, 4.69) is 5.10 Å². The highest BCUT2D eigenvalue weighted by Gasteiger charge is 2.30. The van der Waals surface area contributed by atoms with E-state index in [9.17, 15) is 18.0 Å². The smallest absolute Gasteiger partial charge is 0.383 e. The molecule has 4 N–H and O–H groups in total. The molecule has 0 saturated heterocycles. The van der Waals surface area contributed by atoms with Gasteiger partial charge in [0, 0.05) is 0 Å². The minimum Gasteiger partial charge on any atom is -0.383 e. The lowest BCUT2D eigenvalue weighted by Crippen LogP contribution is -2.16. The largest absolute Gasteiger partial charge is 0.416 e. The molecule has 1 heterocycles. The average Bonchev–Trinajstić information content (AvgIpc) is 2.82. The highest BCUT2D eigenvalue weighted by atomic mass is 19.4. The van der Waals surface area contributed by atoms with Crippen LogP contribution in [0.25, 0.3) is 0 Å². The normalized spacial score (nSPS) is 13.1. The van der Waals surface area contributed by atoms with E-state index in [1.165, 1.54) is 16.8 Å². The fraction of sp³-hybridized carbons (Fsp3) is 0.333. The van der Waals surface area contributed by atoms with Crippen LogP contribution >= 0.6 is 0 Å². The summed E-state index contributed by atoms with van der Waals surface area (Å²) < 4.78 is 39.2. The number of rotatable bonds is 4. The molecule has 124 valence electrons. The van der Waals surface area contributed by atoms with Gasteiger partial charge in [-0.25, -0.2) is 4.68 Å². The maximum atomic E-state index is 12.6. The fourth-order valence-electron chi connectivity index (χ4n) is 2.40. The van der Waals surface area contributed by atoms with Crippen molar-refractivity contribution in [3.8, 4) is 0 Å². The van der Waals surface area contributed by atoms with Crippen molar-refractivity contribution < 1.29 is 18.0 Å². The number of nitrogens with two attached hydrogens (primary N) is 2. The number of halogens is 3. The molecule has 0 aliphatic heterocycles. The second-order valence-electron chi connectivity index (χ2n) is 5.17. The Bertz CT molecular complexity index is 720. The number of amides is 1. The number of aromatic nitrogens is 2. The van der Waals surface area contributed by atoms with Crippen molar-refractivity contribution in [2.24, 2.45) is 5.73 Å². The molecular weight excluding hydrogens is 309 g/mol. The number of carbonyl (C=O) groups excluding carboxylic acids is 1. The average molecular weight is 326 g/mol. The van der Waals surface area contributed by atoms with E-state index < -0.39 is 23.7 Å². The lowest BCUT2D eigenvalue weighted by atomic mass is 10.1. The summed E-state index contributed by atoms with van der Waals surface area (Å²) in [7, 11) is 0. The minimum atomic E-state index is -4.39. The van der Waals surface area contributed by atoms with Crippen LogP contribution in [0.1, 0.15) is 47.1 Å². The Morgan fingerprint density at radius 1 is 1.30 bits per heavy atom. The Kier molecular flexibility index (Phi) is 4.35. The summed E-state index contributed by atoms with van der Waals surface area (Å²) in [6.45, 7) is 3.54. The van der Waals surface area contributed by atoms with Crippen molar-refractivity contribution in [2.75, 3.05) is 5.73 Å². The molecule has 0 bridgehead atoms. The summed E-state index contributed by atoms with van der Waals surface area (Å²) in [5, 5.41) is 4.27. The summed E-state index contributed by atoms with van der Waals surface area (Å²) in [5.41, 5.74) is 11.7. The summed E-state index contributed by atoms with van der Waals surface area (Å²) >= 11 is 0. The van der Waals surface area contributed by atoms with Gasteiger partial charge in [-0.15, -0.1) is 0 Å². The van der Waals surface area contributed by atoms with Gasteiger partial charge in [0.25, 0.3) is 5.91 Å². The van der Waals surface area contributed by atoms with Gasteiger partial charge in [-0.05, 0) is 31.0 Å². The number of anilines is 1.